The molecule has 23 heavy (non-hydrogen) atoms. The summed E-state index contributed by atoms with van der Waals surface area (Å²) in [7, 11) is 0. The lowest BCUT2D eigenvalue weighted by molar-refractivity contribution is -0.139. The number of rotatable bonds is 5. The summed E-state index contributed by atoms with van der Waals surface area (Å²) in [5, 5.41) is 13.0. The maximum Gasteiger partial charge on any atom is 0.412 e. The molecule has 0 saturated carbocycles. The van der Waals surface area contributed by atoms with Crippen LogP contribution < -0.4 is 5.32 Å². The number of cyclic esters (lactones) is 1. The first-order chi connectivity index (χ1) is 10.7. The number of carbonyl (C=O) groups is 2. The summed E-state index contributed by atoms with van der Waals surface area (Å²) in [6.45, 7) is 4.90. The Morgan fingerprint density at radius 3 is 2.61 bits per heavy atom. The van der Waals surface area contributed by atoms with Crippen LogP contribution in [-0.2, 0) is 9.53 Å². The smallest absolute Gasteiger partial charge is 0.412 e. The molecule has 1 aliphatic heterocycles. The van der Waals surface area contributed by atoms with E-state index in [0.29, 0.717) is 6.42 Å². The minimum absolute atomic E-state index is 0.0261. The van der Waals surface area contributed by atoms with Crippen molar-refractivity contribution in [2.24, 2.45) is 0 Å². The fourth-order valence-corrected chi connectivity index (χ4v) is 2.51. The van der Waals surface area contributed by atoms with Crippen molar-refractivity contribution in [2.75, 3.05) is 11.9 Å². The second kappa shape index (κ2) is 6.16. The number of ether oxygens (including phenoxy) is 1. The van der Waals surface area contributed by atoms with E-state index in [0.717, 1.165) is 4.90 Å². The lowest BCUT2D eigenvalue weighted by Gasteiger charge is -2.36. The summed E-state index contributed by atoms with van der Waals surface area (Å²) in [6, 6.07) is 5.81. The Kier molecular flexibility index (Phi) is 4.61. The monoisotopic (exact) mass is 324 g/mol. The van der Waals surface area contributed by atoms with Crippen molar-refractivity contribution in [3.63, 3.8) is 0 Å². The van der Waals surface area contributed by atoms with Crippen LogP contribution in [0.2, 0.25) is 0 Å². The van der Waals surface area contributed by atoms with Crippen molar-refractivity contribution < 1.29 is 23.8 Å². The highest BCUT2D eigenvalue weighted by molar-refractivity contribution is 5.91. The SMILES string of the molecule is CC[C@@]1(C)OC(=O)N(CCC(=O)Nc2ccccc2F)[C@@]1(C)O. The molecule has 1 saturated heterocycles. The van der Waals surface area contributed by atoms with Gasteiger partial charge in [-0.3, -0.25) is 9.69 Å². The normalized spacial score (nSPS) is 27.0. The third-order valence-corrected chi connectivity index (χ3v) is 4.45. The molecule has 2 amide bonds. The van der Waals surface area contributed by atoms with Gasteiger partial charge in [-0.15, -0.1) is 0 Å². The zero-order chi connectivity index (χ0) is 17.3. The number of halogens is 1. The molecule has 0 unspecified atom stereocenters. The van der Waals surface area contributed by atoms with Crippen LogP contribution >= 0.6 is 0 Å². The van der Waals surface area contributed by atoms with Crippen LogP contribution in [0.3, 0.4) is 0 Å². The Hall–Kier alpha value is -2.15. The molecule has 126 valence electrons. The number of para-hydroxylation sites is 1. The number of hydrogen-bond acceptors (Lipinski definition) is 4. The highest BCUT2D eigenvalue weighted by Crippen LogP contribution is 2.39. The van der Waals surface area contributed by atoms with E-state index < -0.39 is 29.1 Å². The van der Waals surface area contributed by atoms with Crippen LogP contribution in [0, 0.1) is 5.82 Å². The Balaban J connectivity index is 1.99. The molecule has 0 bridgehead atoms. The number of aliphatic hydroxyl groups is 1. The van der Waals surface area contributed by atoms with Crippen molar-refractivity contribution in [1.82, 2.24) is 4.90 Å². The largest absolute Gasteiger partial charge is 0.438 e. The topological polar surface area (TPSA) is 78.9 Å². The predicted molar refractivity (Wildman–Crippen MR) is 82.2 cm³/mol. The molecule has 6 nitrogen and oxygen atoms in total. The molecule has 2 N–H and O–H groups in total. The Morgan fingerprint density at radius 2 is 2.04 bits per heavy atom. The Morgan fingerprint density at radius 1 is 1.39 bits per heavy atom. The van der Waals surface area contributed by atoms with Gasteiger partial charge in [0.05, 0.1) is 5.69 Å². The fourth-order valence-electron chi connectivity index (χ4n) is 2.51. The van der Waals surface area contributed by atoms with Gasteiger partial charge >= 0.3 is 6.09 Å². The minimum Gasteiger partial charge on any atom is -0.438 e. The number of amides is 2. The molecule has 0 aliphatic carbocycles. The highest BCUT2D eigenvalue weighted by atomic mass is 19.1. The molecule has 0 spiro atoms. The van der Waals surface area contributed by atoms with Crippen molar-refractivity contribution in [1.29, 1.82) is 0 Å². The number of anilines is 1. The average molecular weight is 324 g/mol. The Labute approximate surface area is 134 Å². The van der Waals surface area contributed by atoms with E-state index in [1.54, 1.807) is 19.9 Å². The van der Waals surface area contributed by atoms with Gasteiger partial charge in [-0.05, 0) is 32.4 Å². The Bertz CT molecular complexity index is 620. The third kappa shape index (κ3) is 3.14. The van der Waals surface area contributed by atoms with Gasteiger partial charge in [0.1, 0.15) is 5.82 Å². The number of benzene rings is 1. The zero-order valence-electron chi connectivity index (χ0n) is 13.4. The molecular formula is C16H21FN2O4. The standard InChI is InChI=1S/C16H21FN2O4/c1-4-15(2)16(3,22)19(14(21)23-15)10-9-13(20)18-12-8-6-5-7-11(12)17/h5-8,22H,4,9-10H2,1-3H3,(H,18,20)/t15-,16+/m1/s1. The molecule has 2 atom stereocenters. The van der Waals surface area contributed by atoms with Gasteiger partial charge in [0.15, 0.2) is 11.3 Å². The van der Waals surface area contributed by atoms with Gasteiger partial charge in [0, 0.05) is 13.0 Å². The van der Waals surface area contributed by atoms with E-state index in [1.807, 2.05) is 0 Å². The van der Waals surface area contributed by atoms with Crippen molar-refractivity contribution in [3.05, 3.63) is 30.1 Å². The number of hydrogen-bond donors (Lipinski definition) is 2. The lowest BCUT2D eigenvalue weighted by atomic mass is 9.91. The zero-order valence-corrected chi connectivity index (χ0v) is 13.4. The maximum absolute atomic E-state index is 13.5. The number of nitrogens with one attached hydrogen (secondary N) is 1. The van der Waals surface area contributed by atoms with E-state index in [9.17, 15) is 19.1 Å². The van der Waals surface area contributed by atoms with Gasteiger partial charge < -0.3 is 15.2 Å². The second-order valence-corrected chi connectivity index (χ2v) is 5.90. The number of carbonyl (C=O) groups excluding carboxylic acids is 2. The van der Waals surface area contributed by atoms with E-state index in [2.05, 4.69) is 5.32 Å². The van der Waals surface area contributed by atoms with E-state index in [-0.39, 0.29) is 18.7 Å². The highest BCUT2D eigenvalue weighted by Gasteiger charge is 2.58. The second-order valence-electron chi connectivity index (χ2n) is 5.90. The molecule has 2 rings (SSSR count). The molecule has 1 aromatic rings. The summed E-state index contributed by atoms with van der Waals surface area (Å²) in [6.07, 6.45) is -0.318. The van der Waals surface area contributed by atoms with Gasteiger partial charge in [-0.25, -0.2) is 9.18 Å². The molecular weight excluding hydrogens is 303 g/mol. The van der Waals surface area contributed by atoms with Gasteiger partial charge in [-0.1, -0.05) is 19.1 Å². The van der Waals surface area contributed by atoms with Crippen LogP contribution in [0.5, 0.6) is 0 Å². The van der Waals surface area contributed by atoms with E-state index >= 15 is 0 Å². The first-order valence-electron chi connectivity index (χ1n) is 7.48. The maximum atomic E-state index is 13.5. The summed E-state index contributed by atoms with van der Waals surface area (Å²) in [5.41, 5.74) is -2.48. The fraction of sp³-hybridized carbons (Fsp3) is 0.500. The third-order valence-electron chi connectivity index (χ3n) is 4.45. The van der Waals surface area contributed by atoms with Gasteiger partial charge in [0.2, 0.25) is 5.91 Å². The molecule has 1 fully saturated rings. The van der Waals surface area contributed by atoms with Crippen LogP contribution in [-0.4, -0.2) is 39.9 Å². The van der Waals surface area contributed by atoms with Crippen LogP contribution in [0.1, 0.15) is 33.6 Å². The quantitative estimate of drug-likeness (QED) is 0.872. The predicted octanol–water partition coefficient (Wildman–Crippen LogP) is 2.48. The molecule has 7 heteroatoms. The molecule has 0 aromatic heterocycles. The van der Waals surface area contributed by atoms with Gasteiger partial charge in [-0.2, -0.15) is 0 Å². The average Bonchev–Trinajstić information content (AvgIpc) is 2.65. The van der Waals surface area contributed by atoms with Crippen LogP contribution in [0.4, 0.5) is 14.9 Å². The summed E-state index contributed by atoms with van der Waals surface area (Å²) >= 11 is 0. The summed E-state index contributed by atoms with van der Waals surface area (Å²) in [5.74, 6) is -0.990. The van der Waals surface area contributed by atoms with Crippen LogP contribution in [0.15, 0.2) is 24.3 Å². The number of nitrogens with zero attached hydrogens (tertiary/aromatic N) is 1. The summed E-state index contributed by atoms with van der Waals surface area (Å²) < 4.78 is 18.7. The summed E-state index contributed by atoms with van der Waals surface area (Å²) in [4.78, 5) is 25.0. The lowest BCUT2D eigenvalue weighted by Crippen LogP contribution is -2.55. The molecule has 1 aliphatic rings. The molecule has 1 heterocycles. The van der Waals surface area contributed by atoms with Crippen molar-refractivity contribution >= 4 is 17.7 Å². The van der Waals surface area contributed by atoms with Crippen molar-refractivity contribution in [3.8, 4) is 0 Å². The molecule has 0 radical (unpaired) electrons. The van der Waals surface area contributed by atoms with Crippen LogP contribution in [0.25, 0.3) is 0 Å². The minimum atomic E-state index is -1.52. The van der Waals surface area contributed by atoms with Gasteiger partial charge in [0.25, 0.3) is 0 Å². The molecule has 1 aromatic carbocycles. The van der Waals surface area contributed by atoms with E-state index in [4.69, 9.17) is 4.74 Å². The first kappa shape index (κ1) is 17.2. The van der Waals surface area contributed by atoms with Crippen molar-refractivity contribution in [2.45, 2.75) is 44.9 Å². The van der Waals surface area contributed by atoms with E-state index in [1.165, 1.54) is 25.1 Å². The first-order valence-corrected chi connectivity index (χ1v) is 7.48.